The summed E-state index contributed by atoms with van der Waals surface area (Å²) in [7, 11) is 0. The normalized spacial score (nSPS) is 10.7. The van der Waals surface area contributed by atoms with Gasteiger partial charge in [0.15, 0.2) is 8.29 Å². The molecule has 3 nitrogen and oxygen atoms in total. The number of benzene rings is 2. The monoisotopic (exact) mass is 360 g/mol. The summed E-state index contributed by atoms with van der Waals surface area (Å²) >= 11 is 8.65. The molecule has 0 saturated carbocycles. The van der Waals surface area contributed by atoms with E-state index in [4.69, 9.17) is 17.0 Å². The summed E-state index contributed by atoms with van der Waals surface area (Å²) in [6.45, 7) is 2.67. The molecule has 0 aliphatic carbocycles. The maximum Gasteiger partial charge on any atom is 0.184 e. The van der Waals surface area contributed by atoms with Gasteiger partial charge in [0, 0.05) is 11.3 Å². The molecule has 0 spiro atoms. The highest BCUT2D eigenvalue weighted by Crippen LogP contribution is 2.30. The molecule has 0 bridgehead atoms. The maximum atomic E-state index is 5.67. The summed E-state index contributed by atoms with van der Waals surface area (Å²) in [6.07, 6.45) is 0. The number of nitrogens with zero attached hydrogens (tertiary/aromatic N) is 2. The zero-order chi connectivity index (χ0) is 16.1. The molecule has 2 aromatic carbocycles. The Kier molecular flexibility index (Phi) is 5.48. The van der Waals surface area contributed by atoms with Crippen LogP contribution in [0.3, 0.4) is 0 Å². The van der Waals surface area contributed by atoms with Crippen LogP contribution in [0.1, 0.15) is 12.5 Å². The van der Waals surface area contributed by atoms with Crippen molar-refractivity contribution < 1.29 is 4.74 Å². The largest absolute Gasteiger partial charge is 0.494 e. The van der Waals surface area contributed by atoms with Gasteiger partial charge in [-0.05, 0) is 37.3 Å². The Hall–Kier alpha value is -1.63. The van der Waals surface area contributed by atoms with E-state index in [2.05, 4.69) is 11.2 Å². The number of rotatable bonds is 6. The van der Waals surface area contributed by atoms with E-state index in [1.54, 1.807) is 11.8 Å². The molecule has 0 aliphatic heterocycles. The Morgan fingerprint density at radius 1 is 1.13 bits per heavy atom. The first-order valence-corrected chi connectivity index (χ1v) is 9.48. The second-order valence-corrected chi connectivity index (χ2v) is 7.56. The van der Waals surface area contributed by atoms with E-state index < -0.39 is 0 Å². The van der Waals surface area contributed by atoms with E-state index in [1.165, 1.54) is 16.9 Å². The van der Waals surface area contributed by atoms with Gasteiger partial charge in [-0.1, -0.05) is 59.5 Å². The van der Waals surface area contributed by atoms with Crippen LogP contribution in [-0.2, 0) is 5.75 Å². The Bertz CT molecular complexity index is 827. The molecule has 6 heteroatoms. The minimum atomic E-state index is 0.670. The fourth-order valence-electron chi connectivity index (χ4n) is 2.11. The Labute approximate surface area is 148 Å². The highest BCUT2D eigenvalue weighted by atomic mass is 32.2. The average Bonchev–Trinajstić information content (AvgIpc) is 2.96. The van der Waals surface area contributed by atoms with Crippen LogP contribution in [0.15, 0.2) is 58.9 Å². The predicted molar refractivity (Wildman–Crippen MR) is 99.4 cm³/mol. The van der Waals surface area contributed by atoms with E-state index in [-0.39, 0.29) is 0 Å². The molecule has 118 valence electrons. The number of thioether (sulfide) groups is 1. The van der Waals surface area contributed by atoms with Crippen LogP contribution in [0, 0.1) is 3.95 Å². The van der Waals surface area contributed by atoms with Crippen molar-refractivity contribution in [2.24, 2.45) is 0 Å². The first-order valence-electron chi connectivity index (χ1n) is 7.27. The van der Waals surface area contributed by atoms with Crippen LogP contribution >= 0.6 is 35.3 Å². The van der Waals surface area contributed by atoms with Gasteiger partial charge < -0.3 is 4.74 Å². The molecular formula is C17H16N2OS3. The van der Waals surface area contributed by atoms with Gasteiger partial charge in [0.1, 0.15) is 5.75 Å². The van der Waals surface area contributed by atoms with Crippen molar-refractivity contribution in [2.45, 2.75) is 17.0 Å². The highest BCUT2D eigenvalue weighted by Gasteiger charge is 2.08. The Balaban J connectivity index is 1.76. The standard InChI is InChI=1S/C17H16N2OS3/c1-2-20-15-11-7-6-8-13(15)12-22-16-18-19(17(21)23-16)14-9-4-3-5-10-14/h3-11H,2,12H2,1H3. The number of aromatic nitrogens is 2. The van der Waals surface area contributed by atoms with Gasteiger partial charge >= 0.3 is 0 Å². The number of para-hydroxylation sites is 2. The number of hydrogen-bond acceptors (Lipinski definition) is 5. The van der Waals surface area contributed by atoms with Gasteiger partial charge in [0.2, 0.25) is 0 Å². The third-order valence-corrected chi connectivity index (χ3v) is 5.57. The van der Waals surface area contributed by atoms with Gasteiger partial charge in [-0.25, -0.2) is 4.68 Å². The SMILES string of the molecule is CCOc1ccccc1CSc1nn(-c2ccccc2)c(=S)s1. The zero-order valence-corrected chi connectivity index (χ0v) is 15.1. The maximum absolute atomic E-state index is 5.67. The zero-order valence-electron chi connectivity index (χ0n) is 12.6. The third-order valence-electron chi connectivity index (χ3n) is 3.15. The molecule has 0 unspecified atom stereocenters. The van der Waals surface area contributed by atoms with E-state index >= 15 is 0 Å². The molecule has 0 amide bonds. The fraction of sp³-hybridized carbons (Fsp3) is 0.176. The molecule has 3 rings (SSSR count). The van der Waals surface area contributed by atoms with Gasteiger partial charge in [-0.3, -0.25) is 0 Å². The third kappa shape index (κ3) is 4.02. The van der Waals surface area contributed by atoms with E-state index in [1.807, 2.05) is 60.1 Å². The second kappa shape index (κ2) is 7.77. The van der Waals surface area contributed by atoms with E-state index in [9.17, 15) is 0 Å². The molecule has 1 heterocycles. The molecule has 0 aliphatic rings. The van der Waals surface area contributed by atoms with Crippen molar-refractivity contribution in [2.75, 3.05) is 6.61 Å². The van der Waals surface area contributed by atoms with Gasteiger partial charge in [0.25, 0.3) is 0 Å². The van der Waals surface area contributed by atoms with Crippen LogP contribution in [0.2, 0.25) is 0 Å². The van der Waals surface area contributed by atoms with Crippen LogP contribution < -0.4 is 4.74 Å². The van der Waals surface area contributed by atoms with E-state index in [0.717, 1.165) is 25.5 Å². The predicted octanol–water partition coefficient (Wildman–Crippen LogP) is 5.35. The van der Waals surface area contributed by atoms with Crippen molar-refractivity contribution in [1.29, 1.82) is 0 Å². The molecule has 23 heavy (non-hydrogen) atoms. The second-order valence-electron chi connectivity index (χ2n) is 4.71. The molecular weight excluding hydrogens is 344 g/mol. The molecule has 0 N–H and O–H groups in total. The quantitative estimate of drug-likeness (QED) is 0.437. The highest BCUT2D eigenvalue weighted by molar-refractivity contribution is 8.00. The lowest BCUT2D eigenvalue weighted by Gasteiger charge is -2.08. The van der Waals surface area contributed by atoms with Gasteiger partial charge in [-0.15, -0.1) is 5.10 Å². The topological polar surface area (TPSA) is 27.1 Å². The van der Waals surface area contributed by atoms with E-state index in [0.29, 0.717) is 6.61 Å². The molecule has 0 radical (unpaired) electrons. The van der Waals surface area contributed by atoms with Crippen molar-refractivity contribution >= 4 is 35.3 Å². The lowest BCUT2D eigenvalue weighted by atomic mass is 10.2. The van der Waals surface area contributed by atoms with Crippen molar-refractivity contribution in [3.8, 4) is 11.4 Å². The Morgan fingerprint density at radius 3 is 2.65 bits per heavy atom. The lowest BCUT2D eigenvalue weighted by molar-refractivity contribution is 0.337. The van der Waals surface area contributed by atoms with Crippen LogP contribution in [-0.4, -0.2) is 16.4 Å². The molecule has 3 aromatic rings. The number of hydrogen-bond donors (Lipinski definition) is 0. The number of ether oxygens (including phenoxy) is 1. The van der Waals surface area contributed by atoms with Crippen molar-refractivity contribution in [3.63, 3.8) is 0 Å². The summed E-state index contributed by atoms with van der Waals surface area (Å²) in [5.74, 6) is 1.75. The summed E-state index contributed by atoms with van der Waals surface area (Å²) in [5.41, 5.74) is 2.17. The molecule has 0 atom stereocenters. The first-order chi connectivity index (χ1) is 11.3. The minimum Gasteiger partial charge on any atom is -0.494 e. The van der Waals surface area contributed by atoms with Crippen molar-refractivity contribution in [3.05, 3.63) is 64.1 Å². The molecule has 1 aromatic heterocycles. The van der Waals surface area contributed by atoms with Crippen LogP contribution in [0.5, 0.6) is 5.75 Å². The first kappa shape index (κ1) is 16.2. The van der Waals surface area contributed by atoms with Gasteiger partial charge in [0.05, 0.1) is 12.3 Å². The molecule has 0 fully saturated rings. The summed E-state index contributed by atoms with van der Waals surface area (Å²) in [6, 6.07) is 18.1. The summed E-state index contributed by atoms with van der Waals surface area (Å²) in [4.78, 5) is 0. The van der Waals surface area contributed by atoms with Crippen LogP contribution in [0.4, 0.5) is 0 Å². The van der Waals surface area contributed by atoms with Crippen molar-refractivity contribution in [1.82, 2.24) is 9.78 Å². The smallest absolute Gasteiger partial charge is 0.184 e. The Morgan fingerprint density at radius 2 is 1.87 bits per heavy atom. The van der Waals surface area contributed by atoms with Crippen LogP contribution in [0.25, 0.3) is 5.69 Å². The summed E-state index contributed by atoms with van der Waals surface area (Å²) < 4.78 is 9.21. The lowest BCUT2D eigenvalue weighted by Crippen LogP contribution is -1.96. The fourth-order valence-corrected chi connectivity index (χ4v) is 4.46. The van der Waals surface area contributed by atoms with Gasteiger partial charge in [-0.2, -0.15) is 0 Å². The minimum absolute atomic E-state index is 0.670. The summed E-state index contributed by atoms with van der Waals surface area (Å²) in [5, 5.41) is 4.62. The molecule has 0 saturated heterocycles. The average molecular weight is 361 g/mol.